The zero-order chi connectivity index (χ0) is 16.6. The van der Waals surface area contributed by atoms with Gasteiger partial charge >= 0.3 is 0 Å². The van der Waals surface area contributed by atoms with Crippen LogP contribution in [0.15, 0.2) is 18.2 Å². The molecular weight excluding hydrogens is 292 g/mol. The van der Waals surface area contributed by atoms with Crippen LogP contribution < -0.4 is 0 Å². The van der Waals surface area contributed by atoms with Gasteiger partial charge in [0.05, 0.1) is 30.6 Å². The summed E-state index contributed by atoms with van der Waals surface area (Å²) in [5.74, 6) is -0.0747. The summed E-state index contributed by atoms with van der Waals surface area (Å²) in [7, 11) is 0. The molecule has 0 N–H and O–H groups in total. The van der Waals surface area contributed by atoms with Gasteiger partial charge in [-0.3, -0.25) is 4.79 Å². The van der Waals surface area contributed by atoms with Gasteiger partial charge in [0, 0.05) is 6.54 Å². The van der Waals surface area contributed by atoms with E-state index in [-0.39, 0.29) is 11.9 Å². The lowest BCUT2D eigenvalue weighted by Crippen LogP contribution is -2.47. The number of carbonyl (C=O) groups is 1. The van der Waals surface area contributed by atoms with E-state index in [0.29, 0.717) is 31.1 Å². The van der Waals surface area contributed by atoms with E-state index in [2.05, 4.69) is 16.3 Å². The number of amides is 1. The Balaban J connectivity index is 1.93. The molecule has 1 aliphatic heterocycles. The summed E-state index contributed by atoms with van der Waals surface area (Å²) in [6.07, 6.45) is 0. The molecule has 0 radical (unpaired) electrons. The quantitative estimate of drug-likeness (QED) is 0.851. The molecule has 1 aromatic heterocycles. The zero-order valence-corrected chi connectivity index (χ0v) is 14.0. The first-order chi connectivity index (χ1) is 11.0. The lowest BCUT2D eigenvalue weighted by molar-refractivity contribution is 0.00320. The lowest BCUT2D eigenvalue weighted by Gasteiger charge is -2.32. The maximum absolute atomic E-state index is 12.8. The van der Waals surface area contributed by atoms with E-state index in [9.17, 15) is 4.79 Å². The summed E-state index contributed by atoms with van der Waals surface area (Å²) >= 11 is 0. The number of rotatable bonds is 2. The molecule has 122 valence electrons. The first-order valence-electron chi connectivity index (χ1n) is 7.87. The number of aromatic nitrogens is 3. The Kier molecular flexibility index (Phi) is 4.17. The van der Waals surface area contributed by atoms with E-state index in [1.165, 1.54) is 5.56 Å². The second kappa shape index (κ2) is 6.12. The summed E-state index contributed by atoms with van der Waals surface area (Å²) in [4.78, 5) is 16.1. The number of morpholine rings is 1. The van der Waals surface area contributed by atoms with Crippen LogP contribution in [0.5, 0.6) is 0 Å². The van der Waals surface area contributed by atoms with Gasteiger partial charge in [-0.25, -0.2) is 0 Å². The molecule has 0 spiro atoms. The van der Waals surface area contributed by atoms with Gasteiger partial charge in [-0.15, -0.1) is 5.10 Å². The van der Waals surface area contributed by atoms with Crippen LogP contribution in [-0.4, -0.2) is 51.6 Å². The van der Waals surface area contributed by atoms with Crippen molar-refractivity contribution in [3.8, 4) is 5.69 Å². The molecule has 0 saturated carbocycles. The fourth-order valence-corrected chi connectivity index (χ4v) is 2.88. The minimum Gasteiger partial charge on any atom is -0.377 e. The second-order valence-corrected chi connectivity index (χ2v) is 6.14. The van der Waals surface area contributed by atoms with E-state index in [1.54, 1.807) is 4.80 Å². The number of hydrogen-bond acceptors (Lipinski definition) is 4. The van der Waals surface area contributed by atoms with Crippen molar-refractivity contribution < 1.29 is 9.53 Å². The standard InChI is InChI=1S/C17H22N4O2/c1-11-5-6-15(12(2)9-11)21-18-14(4)16(19-21)17(22)20-7-8-23-10-13(20)3/h5-6,9,13H,7-8,10H2,1-4H3. The molecule has 23 heavy (non-hydrogen) atoms. The number of carbonyl (C=O) groups excluding carboxylic acids is 1. The van der Waals surface area contributed by atoms with Crippen molar-refractivity contribution in [2.75, 3.05) is 19.8 Å². The highest BCUT2D eigenvalue weighted by Crippen LogP contribution is 2.17. The highest BCUT2D eigenvalue weighted by molar-refractivity contribution is 5.93. The van der Waals surface area contributed by atoms with Gasteiger partial charge in [-0.1, -0.05) is 17.7 Å². The smallest absolute Gasteiger partial charge is 0.276 e. The minimum atomic E-state index is -0.0747. The van der Waals surface area contributed by atoms with E-state index in [4.69, 9.17) is 4.74 Å². The normalized spacial score (nSPS) is 18.3. The van der Waals surface area contributed by atoms with Crippen molar-refractivity contribution in [3.05, 3.63) is 40.7 Å². The molecule has 1 fully saturated rings. The summed E-state index contributed by atoms with van der Waals surface area (Å²) in [5, 5.41) is 8.89. The maximum atomic E-state index is 12.8. The molecule has 6 heteroatoms. The molecule has 3 rings (SSSR count). The SMILES string of the molecule is Cc1ccc(-n2nc(C)c(C(=O)N3CCOCC3C)n2)c(C)c1. The van der Waals surface area contributed by atoms with Gasteiger partial charge < -0.3 is 9.64 Å². The molecule has 2 heterocycles. The highest BCUT2D eigenvalue weighted by atomic mass is 16.5. The third kappa shape index (κ3) is 2.99. The van der Waals surface area contributed by atoms with Crippen LogP contribution >= 0.6 is 0 Å². The van der Waals surface area contributed by atoms with E-state index in [1.807, 2.05) is 44.7 Å². The van der Waals surface area contributed by atoms with E-state index >= 15 is 0 Å². The molecule has 1 saturated heterocycles. The fourth-order valence-electron chi connectivity index (χ4n) is 2.88. The number of benzene rings is 1. The van der Waals surface area contributed by atoms with Crippen molar-refractivity contribution in [1.82, 2.24) is 19.9 Å². The fraction of sp³-hybridized carbons (Fsp3) is 0.471. The van der Waals surface area contributed by atoms with Crippen molar-refractivity contribution in [2.24, 2.45) is 0 Å². The molecule has 1 aromatic carbocycles. The summed E-state index contributed by atoms with van der Waals surface area (Å²) in [5.41, 5.74) is 4.23. The predicted octanol–water partition coefficient (Wildman–Crippen LogP) is 2.05. The summed E-state index contributed by atoms with van der Waals surface area (Å²) in [6.45, 7) is 9.61. The van der Waals surface area contributed by atoms with Crippen LogP contribution in [0.2, 0.25) is 0 Å². The second-order valence-electron chi connectivity index (χ2n) is 6.14. The average molecular weight is 314 g/mol. The van der Waals surface area contributed by atoms with E-state index < -0.39 is 0 Å². The Morgan fingerprint density at radius 1 is 1.26 bits per heavy atom. The molecule has 0 bridgehead atoms. The average Bonchev–Trinajstić information content (AvgIpc) is 2.88. The Morgan fingerprint density at radius 2 is 2.04 bits per heavy atom. The lowest BCUT2D eigenvalue weighted by atomic mass is 10.1. The van der Waals surface area contributed by atoms with Gasteiger partial charge in [0.2, 0.25) is 0 Å². The number of ether oxygens (including phenoxy) is 1. The van der Waals surface area contributed by atoms with Gasteiger partial charge in [-0.05, 0) is 39.3 Å². The van der Waals surface area contributed by atoms with Crippen LogP contribution in [0.1, 0.15) is 34.2 Å². The van der Waals surface area contributed by atoms with Crippen LogP contribution in [0.3, 0.4) is 0 Å². The Labute approximate surface area is 136 Å². The first kappa shape index (κ1) is 15.7. The zero-order valence-electron chi connectivity index (χ0n) is 14.0. The minimum absolute atomic E-state index is 0.0573. The molecule has 0 aliphatic carbocycles. The van der Waals surface area contributed by atoms with Crippen molar-refractivity contribution in [3.63, 3.8) is 0 Å². The molecule has 2 aromatic rings. The Hall–Kier alpha value is -2.21. The Morgan fingerprint density at radius 3 is 2.74 bits per heavy atom. The Bertz CT molecular complexity index is 738. The van der Waals surface area contributed by atoms with Crippen molar-refractivity contribution >= 4 is 5.91 Å². The summed E-state index contributed by atoms with van der Waals surface area (Å²) in [6, 6.07) is 6.14. The third-order valence-corrected chi connectivity index (χ3v) is 4.18. The van der Waals surface area contributed by atoms with E-state index in [0.717, 1.165) is 11.3 Å². The van der Waals surface area contributed by atoms with Crippen LogP contribution in [0, 0.1) is 20.8 Å². The molecule has 1 unspecified atom stereocenters. The van der Waals surface area contributed by atoms with Crippen molar-refractivity contribution in [2.45, 2.75) is 33.7 Å². The predicted molar refractivity (Wildman–Crippen MR) is 86.9 cm³/mol. The first-order valence-corrected chi connectivity index (χ1v) is 7.87. The maximum Gasteiger partial charge on any atom is 0.276 e. The van der Waals surface area contributed by atoms with Crippen molar-refractivity contribution in [1.29, 1.82) is 0 Å². The largest absolute Gasteiger partial charge is 0.377 e. The molecule has 1 aliphatic rings. The van der Waals surface area contributed by atoms with Gasteiger partial charge in [-0.2, -0.15) is 9.90 Å². The summed E-state index contributed by atoms with van der Waals surface area (Å²) < 4.78 is 5.39. The molecule has 1 amide bonds. The number of nitrogens with zero attached hydrogens (tertiary/aromatic N) is 4. The van der Waals surface area contributed by atoms with Crippen LogP contribution in [0.4, 0.5) is 0 Å². The van der Waals surface area contributed by atoms with Crippen LogP contribution in [0.25, 0.3) is 5.69 Å². The van der Waals surface area contributed by atoms with Crippen LogP contribution in [-0.2, 0) is 4.74 Å². The van der Waals surface area contributed by atoms with Gasteiger partial charge in [0.25, 0.3) is 5.91 Å². The molecule has 1 atom stereocenters. The van der Waals surface area contributed by atoms with Gasteiger partial charge in [0.1, 0.15) is 0 Å². The molecule has 6 nitrogen and oxygen atoms in total. The van der Waals surface area contributed by atoms with Gasteiger partial charge in [0.15, 0.2) is 5.69 Å². The monoisotopic (exact) mass is 314 g/mol. The topological polar surface area (TPSA) is 60.2 Å². The highest BCUT2D eigenvalue weighted by Gasteiger charge is 2.28. The number of aryl methyl sites for hydroxylation is 3. The molecular formula is C17H22N4O2. The number of hydrogen-bond donors (Lipinski definition) is 0. The third-order valence-electron chi connectivity index (χ3n) is 4.18.